The Balaban J connectivity index is 1.45. The van der Waals surface area contributed by atoms with Gasteiger partial charge in [0.25, 0.3) is 5.56 Å². The molecule has 26 heavy (non-hydrogen) atoms. The summed E-state index contributed by atoms with van der Waals surface area (Å²) >= 11 is 1.58. The highest BCUT2D eigenvalue weighted by molar-refractivity contribution is 7.18. The summed E-state index contributed by atoms with van der Waals surface area (Å²) in [6.07, 6.45) is 3.84. The van der Waals surface area contributed by atoms with Gasteiger partial charge in [-0.05, 0) is 38.2 Å². The molecule has 2 unspecified atom stereocenters. The third-order valence-corrected chi connectivity index (χ3v) is 6.03. The molecular formula is C18H20N2O5S. The molecule has 1 fully saturated rings. The summed E-state index contributed by atoms with van der Waals surface area (Å²) in [5.74, 6) is -0.516. The van der Waals surface area contributed by atoms with Crippen molar-refractivity contribution in [2.24, 2.45) is 0 Å². The van der Waals surface area contributed by atoms with E-state index in [4.69, 9.17) is 9.47 Å². The molecule has 7 nitrogen and oxygen atoms in total. The number of aromatic amines is 1. The lowest BCUT2D eigenvalue weighted by atomic mass is 9.97. The van der Waals surface area contributed by atoms with Crippen molar-refractivity contribution in [2.75, 3.05) is 0 Å². The second kappa shape index (κ2) is 6.83. The van der Waals surface area contributed by atoms with Crippen molar-refractivity contribution in [3.05, 3.63) is 26.6 Å². The lowest BCUT2D eigenvalue weighted by molar-refractivity contribution is -0.160. The van der Waals surface area contributed by atoms with E-state index in [0.29, 0.717) is 17.6 Å². The van der Waals surface area contributed by atoms with Gasteiger partial charge in [-0.15, -0.1) is 11.3 Å². The normalized spacial score (nSPS) is 22.3. The molecule has 2 aromatic heterocycles. The molecule has 2 aromatic rings. The molecule has 8 heteroatoms. The zero-order valence-corrected chi connectivity index (χ0v) is 15.3. The Hall–Kier alpha value is -2.22. The van der Waals surface area contributed by atoms with E-state index in [9.17, 15) is 14.4 Å². The molecule has 0 amide bonds. The van der Waals surface area contributed by atoms with Crippen molar-refractivity contribution in [3.63, 3.8) is 0 Å². The van der Waals surface area contributed by atoms with Crippen molar-refractivity contribution >= 4 is 33.5 Å². The van der Waals surface area contributed by atoms with Crippen LogP contribution in [0.15, 0.2) is 4.79 Å². The minimum Gasteiger partial charge on any atom is -0.460 e. The lowest BCUT2D eigenvalue weighted by Gasteiger charge is -2.09. The fraction of sp³-hybridized carbons (Fsp3) is 0.556. The van der Waals surface area contributed by atoms with Crippen LogP contribution >= 0.6 is 11.3 Å². The zero-order chi connectivity index (χ0) is 18.3. The van der Waals surface area contributed by atoms with Gasteiger partial charge in [-0.25, -0.2) is 9.78 Å². The molecule has 4 rings (SSSR count). The second-order valence-corrected chi connectivity index (χ2v) is 7.95. The topological polar surface area (TPSA) is 98.4 Å². The number of carbonyl (C=O) groups excluding carboxylic acids is 2. The van der Waals surface area contributed by atoms with E-state index in [0.717, 1.165) is 36.1 Å². The van der Waals surface area contributed by atoms with Crippen molar-refractivity contribution in [1.82, 2.24) is 9.97 Å². The first-order chi connectivity index (χ1) is 12.5. The number of hydrogen-bond donors (Lipinski definition) is 1. The molecule has 3 heterocycles. The Morgan fingerprint density at radius 2 is 2.15 bits per heavy atom. The molecule has 1 aliphatic carbocycles. The number of thiophene rings is 1. The van der Waals surface area contributed by atoms with Crippen LogP contribution in [0.5, 0.6) is 0 Å². The quantitative estimate of drug-likeness (QED) is 0.820. The number of H-pyrrole nitrogens is 1. The van der Waals surface area contributed by atoms with Crippen LogP contribution in [-0.2, 0) is 38.3 Å². The zero-order valence-electron chi connectivity index (χ0n) is 14.5. The van der Waals surface area contributed by atoms with Crippen molar-refractivity contribution in [3.8, 4) is 0 Å². The van der Waals surface area contributed by atoms with Gasteiger partial charge < -0.3 is 14.5 Å². The first-order valence-corrected chi connectivity index (χ1v) is 9.76. The third kappa shape index (κ3) is 3.25. The van der Waals surface area contributed by atoms with Gasteiger partial charge in [-0.2, -0.15) is 0 Å². The van der Waals surface area contributed by atoms with Gasteiger partial charge in [0.1, 0.15) is 16.8 Å². The fourth-order valence-corrected chi connectivity index (χ4v) is 4.86. The first-order valence-electron chi connectivity index (χ1n) is 8.94. The van der Waals surface area contributed by atoms with Crippen LogP contribution in [0.1, 0.15) is 48.9 Å². The van der Waals surface area contributed by atoms with E-state index in [1.165, 1.54) is 4.88 Å². The van der Waals surface area contributed by atoms with Gasteiger partial charge in [0.05, 0.1) is 11.8 Å². The summed E-state index contributed by atoms with van der Waals surface area (Å²) in [6.45, 7) is 1.76. The summed E-state index contributed by atoms with van der Waals surface area (Å²) in [5.41, 5.74) is 1.01. The maximum absolute atomic E-state index is 12.5. The van der Waals surface area contributed by atoms with Gasteiger partial charge in [0.15, 0.2) is 0 Å². The van der Waals surface area contributed by atoms with Crippen molar-refractivity contribution in [1.29, 1.82) is 0 Å². The van der Waals surface area contributed by atoms with E-state index < -0.39 is 18.0 Å². The van der Waals surface area contributed by atoms with Gasteiger partial charge >= 0.3 is 11.9 Å². The number of carbonyl (C=O) groups is 2. The number of cyclic esters (lactones) is 1. The lowest BCUT2D eigenvalue weighted by Crippen LogP contribution is -2.23. The van der Waals surface area contributed by atoms with Crippen LogP contribution in [0.2, 0.25) is 0 Å². The Labute approximate surface area is 153 Å². The Kier molecular flexibility index (Phi) is 4.52. The smallest absolute Gasteiger partial charge is 0.347 e. The predicted octanol–water partition coefficient (Wildman–Crippen LogP) is 2.04. The molecule has 0 radical (unpaired) electrons. The summed E-state index contributed by atoms with van der Waals surface area (Å²) in [4.78, 5) is 45.3. The molecule has 138 valence electrons. The number of aryl methyl sites for hydroxylation is 3. The van der Waals surface area contributed by atoms with Gasteiger partial charge in [0, 0.05) is 17.7 Å². The summed E-state index contributed by atoms with van der Waals surface area (Å²) < 4.78 is 10.1. The molecule has 2 atom stereocenters. The average molecular weight is 376 g/mol. The Morgan fingerprint density at radius 1 is 1.35 bits per heavy atom. The Morgan fingerprint density at radius 3 is 2.92 bits per heavy atom. The van der Waals surface area contributed by atoms with Crippen LogP contribution in [0.4, 0.5) is 0 Å². The second-order valence-electron chi connectivity index (χ2n) is 6.87. The van der Waals surface area contributed by atoms with Gasteiger partial charge in [-0.1, -0.05) is 0 Å². The number of aromatic nitrogens is 2. The van der Waals surface area contributed by atoms with Crippen LogP contribution in [0, 0.1) is 0 Å². The highest BCUT2D eigenvalue weighted by Gasteiger charge is 2.34. The minimum absolute atomic E-state index is 0.0533. The van der Waals surface area contributed by atoms with Crippen molar-refractivity contribution in [2.45, 2.75) is 64.1 Å². The summed E-state index contributed by atoms with van der Waals surface area (Å²) in [6, 6.07) is 0. The number of nitrogens with zero attached hydrogens (tertiary/aromatic N) is 1. The van der Waals surface area contributed by atoms with E-state index in [1.54, 1.807) is 18.3 Å². The number of hydrogen-bond acceptors (Lipinski definition) is 7. The molecular weight excluding hydrogens is 356 g/mol. The molecule has 0 spiro atoms. The highest BCUT2D eigenvalue weighted by atomic mass is 32.1. The number of fused-ring (bicyclic) bond motifs is 3. The fourth-order valence-electron chi connectivity index (χ4n) is 3.58. The van der Waals surface area contributed by atoms with Crippen LogP contribution < -0.4 is 5.56 Å². The van der Waals surface area contributed by atoms with E-state index >= 15 is 0 Å². The van der Waals surface area contributed by atoms with E-state index in [-0.39, 0.29) is 24.5 Å². The number of nitrogens with one attached hydrogen (secondary N) is 1. The van der Waals surface area contributed by atoms with E-state index in [2.05, 4.69) is 9.97 Å². The molecule has 1 N–H and O–H groups in total. The predicted molar refractivity (Wildman–Crippen MR) is 95.3 cm³/mol. The molecule has 0 bridgehead atoms. The van der Waals surface area contributed by atoms with Crippen molar-refractivity contribution < 1.29 is 19.1 Å². The first kappa shape index (κ1) is 17.2. The maximum Gasteiger partial charge on any atom is 0.347 e. The number of rotatable bonds is 4. The van der Waals surface area contributed by atoms with Crippen LogP contribution in [-0.4, -0.2) is 34.1 Å². The number of esters is 2. The monoisotopic (exact) mass is 376 g/mol. The number of ether oxygens (including phenoxy) is 2. The van der Waals surface area contributed by atoms with Gasteiger partial charge in [0.2, 0.25) is 6.10 Å². The van der Waals surface area contributed by atoms with Crippen LogP contribution in [0.25, 0.3) is 10.2 Å². The summed E-state index contributed by atoms with van der Waals surface area (Å²) in [7, 11) is 0. The standard InChI is InChI=1S/C18H20N2O5S/c1-9-8-11(18(23)24-9)25-14(21)7-6-13-19-16(22)15-10-4-2-3-5-12(10)26-17(15)20-13/h9,11H,2-8H2,1H3,(H,19,20,22). The van der Waals surface area contributed by atoms with E-state index in [1.807, 2.05) is 0 Å². The molecule has 1 saturated heterocycles. The summed E-state index contributed by atoms with van der Waals surface area (Å²) in [5, 5.41) is 0.707. The average Bonchev–Trinajstić information content (AvgIpc) is 3.12. The third-order valence-electron chi connectivity index (χ3n) is 4.84. The molecule has 2 aliphatic rings. The maximum atomic E-state index is 12.5. The highest BCUT2D eigenvalue weighted by Crippen LogP contribution is 2.33. The molecule has 1 aliphatic heterocycles. The molecule has 0 aromatic carbocycles. The van der Waals surface area contributed by atoms with Gasteiger partial charge in [-0.3, -0.25) is 9.59 Å². The Bertz CT molecular complexity index is 932. The molecule has 0 saturated carbocycles. The minimum atomic E-state index is -0.823. The van der Waals surface area contributed by atoms with Crippen LogP contribution in [0.3, 0.4) is 0 Å². The SMILES string of the molecule is CC1CC(OC(=O)CCc2nc3sc4c(c3c(=O)[nH]2)CCCC4)C(=O)O1. The largest absolute Gasteiger partial charge is 0.460 e.